The zero-order chi connectivity index (χ0) is 19.2. The van der Waals surface area contributed by atoms with E-state index in [4.69, 9.17) is 4.74 Å². The summed E-state index contributed by atoms with van der Waals surface area (Å²) in [7, 11) is 0. The Kier molecular flexibility index (Phi) is 5.96. The van der Waals surface area contributed by atoms with Crippen LogP contribution in [0.2, 0.25) is 0 Å². The number of hydrogen-bond donors (Lipinski definition) is 2. The van der Waals surface area contributed by atoms with Gasteiger partial charge in [0.1, 0.15) is 5.75 Å². The number of nitrogens with one attached hydrogen (secondary N) is 2. The second kappa shape index (κ2) is 8.58. The Morgan fingerprint density at radius 1 is 1.00 bits per heavy atom. The first-order chi connectivity index (χ1) is 13.0. The molecule has 0 spiro atoms. The van der Waals surface area contributed by atoms with Crippen molar-refractivity contribution in [2.24, 2.45) is 0 Å². The van der Waals surface area contributed by atoms with Crippen molar-refractivity contribution in [3.8, 4) is 5.75 Å². The van der Waals surface area contributed by atoms with E-state index in [1.165, 1.54) is 0 Å². The molecule has 1 aliphatic rings. The number of aryl methyl sites for hydroxylation is 1. The highest BCUT2D eigenvalue weighted by Gasteiger charge is 2.17. The third-order valence-corrected chi connectivity index (χ3v) is 4.70. The van der Waals surface area contributed by atoms with Crippen LogP contribution in [0.5, 0.6) is 5.75 Å². The molecule has 0 saturated carbocycles. The highest BCUT2D eigenvalue weighted by molar-refractivity contribution is 5.94. The maximum Gasteiger partial charge on any atom is 0.321 e. The molecule has 1 fully saturated rings. The first-order valence-electron chi connectivity index (χ1n) is 9.18. The van der Waals surface area contributed by atoms with Crippen LogP contribution in [0.25, 0.3) is 0 Å². The van der Waals surface area contributed by atoms with Gasteiger partial charge in [0, 0.05) is 24.5 Å². The molecular formula is C21H25N3O3. The number of urea groups is 1. The SMILES string of the molecule is Cc1cccc(OCC(=O)Nc2cccc(NC(=O)N3CCCC3)c2)c1C. The lowest BCUT2D eigenvalue weighted by Crippen LogP contribution is -2.32. The van der Waals surface area contributed by atoms with Crippen LogP contribution in [0.15, 0.2) is 42.5 Å². The molecule has 142 valence electrons. The van der Waals surface area contributed by atoms with Gasteiger partial charge in [0.05, 0.1) is 0 Å². The highest BCUT2D eigenvalue weighted by atomic mass is 16.5. The fourth-order valence-corrected chi connectivity index (χ4v) is 3.02. The number of likely N-dealkylation sites (tertiary alicyclic amines) is 1. The molecule has 0 radical (unpaired) electrons. The molecular weight excluding hydrogens is 342 g/mol. The Labute approximate surface area is 159 Å². The maximum atomic E-state index is 12.2. The van der Waals surface area contributed by atoms with Gasteiger partial charge in [-0.2, -0.15) is 0 Å². The summed E-state index contributed by atoms with van der Waals surface area (Å²) in [4.78, 5) is 26.2. The minimum atomic E-state index is -0.251. The summed E-state index contributed by atoms with van der Waals surface area (Å²) >= 11 is 0. The van der Waals surface area contributed by atoms with Gasteiger partial charge in [-0.1, -0.05) is 18.2 Å². The van der Waals surface area contributed by atoms with Crippen molar-refractivity contribution in [1.29, 1.82) is 0 Å². The van der Waals surface area contributed by atoms with Gasteiger partial charge >= 0.3 is 6.03 Å². The monoisotopic (exact) mass is 367 g/mol. The number of anilines is 2. The minimum absolute atomic E-state index is 0.0747. The predicted molar refractivity (Wildman–Crippen MR) is 106 cm³/mol. The van der Waals surface area contributed by atoms with Crippen molar-refractivity contribution in [1.82, 2.24) is 4.90 Å². The second-order valence-electron chi connectivity index (χ2n) is 6.74. The molecule has 2 aromatic carbocycles. The number of benzene rings is 2. The van der Waals surface area contributed by atoms with Crippen LogP contribution >= 0.6 is 0 Å². The van der Waals surface area contributed by atoms with Crippen LogP contribution in [-0.4, -0.2) is 36.5 Å². The van der Waals surface area contributed by atoms with E-state index in [-0.39, 0.29) is 18.5 Å². The van der Waals surface area contributed by atoms with Crippen molar-refractivity contribution < 1.29 is 14.3 Å². The molecule has 1 heterocycles. The van der Waals surface area contributed by atoms with Gasteiger partial charge in [-0.25, -0.2) is 4.79 Å². The molecule has 1 aliphatic heterocycles. The van der Waals surface area contributed by atoms with Gasteiger partial charge in [-0.3, -0.25) is 4.79 Å². The van der Waals surface area contributed by atoms with Crippen molar-refractivity contribution in [2.75, 3.05) is 30.3 Å². The Balaban J connectivity index is 1.54. The third-order valence-electron chi connectivity index (χ3n) is 4.70. The number of carbonyl (C=O) groups is 2. The average molecular weight is 367 g/mol. The van der Waals surface area contributed by atoms with Crippen LogP contribution in [0.4, 0.5) is 16.2 Å². The van der Waals surface area contributed by atoms with E-state index in [0.717, 1.165) is 37.1 Å². The maximum absolute atomic E-state index is 12.2. The molecule has 0 aromatic heterocycles. The van der Waals surface area contributed by atoms with Crippen LogP contribution in [-0.2, 0) is 4.79 Å². The molecule has 3 rings (SSSR count). The second-order valence-corrected chi connectivity index (χ2v) is 6.74. The first-order valence-corrected chi connectivity index (χ1v) is 9.18. The van der Waals surface area contributed by atoms with Gasteiger partial charge in [0.25, 0.3) is 5.91 Å². The van der Waals surface area contributed by atoms with Crippen LogP contribution in [0.3, 0.4) is 0 Å². The van der Waals surface area contributed by atoms with Crippen molar-refractivity contribution in [3.05, 3.63) is 53.6 Å². The van der Waals surface area contributed by atoms with E-state index < -0.39 is 0 Å². The Bertz CT molecular complexity index is 829. The molecule has 2 aromatic rings. The summed E-state index contributed by atoms with van der Waals surface area (Å²) in [5.74, 6) is 0.454. The van der Waals surface area contributed by atoms with E-state index in [2.05, 4.69) is 10.6 Å². The van der Waals surface area contributed by atoms with Crippen molar-refractivity contribution in [3.63, 3.8) is 0 Å². The number of nitrogens with zero attached hydrogens (tertiary/aromatic N) is 1. The first kappa shape index (κ1) is 18.8. The standard InChI is InChI=1S/C21H25N3O3/c1-15-7-5-10-19(16(15)2)27-14-20(25)22-17-8-6-9-18(13-17)23-21(26)24-11-3-4-12-24/h5-10,13H,3-4,11-12,14H2,1-2H3,(H,22,25)(H,23,26). The Hall–Kier alpha value is -3.02. The molecule has 0 aliphatic carbocycles. The van der Waals surface area contributed by atoms with E-state index >= 15 is 0 Å². The van der Waals surface area contributed by atoms with E-state index in [1.807, 2.05) is 32.0 Å². The lowest BCUT2D eigenvalue weighted by atomic mass is 10.1. The normalized spacial score (nSPS) is 13.3. The molecule has 0 unspecified atom stereocenters. The molecule has 6 nitrogen and oxygen atoms in total. The van der Waals surface area contributed by atoms with Gasteiger partial charge in [0.15, 0.2) is 6.61 Å². The number of hydrogen-bond acceptors (Lipinski definition) is 3. The van der Waals surface area contributed by atoms with E-state index in [1.54, 1.807) is 29.2 Å². The average Bonchev–Trinajstić information content (AvgIpc) is 3.18. The summed E-state index contributed by atoms with van der Waals surface area (Å²) in [5.41, 5.74) is 3.41. The lowest BCUT2D eigenvalue weighted by Gasteiger charge is -2.16. The van der Waals surface area contributed by atoms with Crippen molar-refractivity contribution >= 4 is 23.3 Å². The zero-order valence-electron chi connectivity index (χ0n) is 15.7. The largest absolute Gasteiger partial charge is 0.483 e. The molecule has 1 saturated heterocycles. The fraction of sp³-hybridized carbons (Fsp3) is 0.333. The molecule has 3 amide bonds. The van der Waals surface area contributed by atoms with Gasteiger partial charge in [-0.15, -0.1) is 0 Å². The van der Waals surface area contributed by atoms with Crippen LogP contribution < -0.4 is 15.4 Å². The van der Waals surface area contributed by atoms with Crippen LogP contribution in [0.1, 0.15) is 24.0 Å². The van der Waals surface area contributed by atoms with E-state index in [0.29, 0.717) is 17.1 Å². The lowest BCUT2D eigenvalue weighted by molar-refractivity contribution is -0.118. The molecule has 27 heavy (non-hydrogen) atoms. The molecule has 2 N–H and O–H groups in total. The summed E-state index contributed by atoms with van der Waals surface area (Å²) in [6.45, 7) is 5.48. The molecule has 0 atom stereocenters. The summed E-state index contributed by atoms with van der Waals surface area (Å²) < 4.78 is 5.63. The third kappa shape index (κ3) is 5.00. The quantitative estimate of drug-likeness (QED) is 0.841. The Morgan fingerprint density at radius 2 is 1.67 bits per heavy atom. The number of rotatable bonds is 5. The smallest absolute Gasteiger partial charge is 0.321 e. The minimum Gasteiger partial charge on any atom is -0.483 e. The van der Waals surface area contributed by atoms with Gasteiger partial charge < -0.3 is 20.3 Å². The fourth-order valence-electron chi connectivity index (χ4n) is 3.02. The molecule has 0 bridgehead atoms. The zero-order valence-corrected chi connectivity index (χ0v) is 15.7. The summed E-state index contributed by atoms with van der Waals surface area (Å²) in [5, 5.41) is 5.67. The number of amides is 3. The topological polar surface area (TPSA) is 70.7 Å². The van der Waals surface area contributed by atoms with Crippen LogP contribution in [0, 0.1) is 13.8 Å². The summed E-state index contributed by atoms with van der Waals surface area (Å²) in [6.07, 6.45) is 2.09. The highest BCUT2D eigenvalue weighted by Crippen LogP contribution is 2.21. The van der Waals surface area contributed by atoms with E-state index in [9.17, 15) is 9.59 Å². The summed E-state index contributed by atoms with van der Waals surface area (Å²) in [6, 6.07) is 12.8. The Morgan fingerprint density at radius 3 is 2.41 bits per heavy atom. The van der Waals surface area contributed by atoms with Gasteiger partial charge in [-0.05, 0) is 62.1 Å². The molecule has 6 heteroatoms. The van der Waals surface area contributed by atoms with Crippen molar-refractivity contribution in [2.45, 2.75) is 26.7 Å². The number of ether oxygens (including phenoxy) is 1. The number of carbonyl (C=O) groups excluding carboxylic acids is 2. The predicted octanol–water partition coefficient (Wildman–Crippen LogP) is 3.95. The van der Waals surface area contributed by atoms with Gasteiger partial charge in [0.2, 0.25) is 0 Å².